The molecular weight excluding hydrogens is 267 g/mol. The second-order valence-electron chi connectivity index (χ2n) is 5.43. The zero-order valence-electron chi connectivity index (χ0n) is 11.6. The second kappa shape index (κ2) is 5.56. The van der Waals surface area contributed by atoms with Crippen molar-refractivity contribution in [2.75, 3.05) is 11.1 Å². The fourth-order valence-electron chi connectivity index (χ4n) is 2.77. The van der Waals surface area contributed by atoms with Crippen molar-refractivity contribution in [3.63, 3.8) is 0 Å². The summed E-state index contributed by atoms with van der Waals surface area (Å²) in [6.07, 6.45) is 2.46. The number of rotatable bonds is 2. The van der Waals surface area contributed by atoms with E-state index in [4.69, 9.17) is 5.73 Å². The van der Waals surface area contributed by atoms with Crippen molar-refractivity contribution >= 4 is 17.3 Å². The van der Waals surface area contributed by atoms with E-state index in [2.05, 4.69) is 17.4 Å². The lowest BCUT2D eigenvalue weighted by Crippen LogP contribution is -2.28. The van der Waals surface area contributed by atoms with Crippen molar-refractivity contribution in [3.05, 3.63) is 59.4 Å². The standard InChI is InChI=1S/C17H17FN2O/c18-15-10-14(7-8-16(15)19)20-17(21)13-6-5-11-3-1-2-4-12(11)9-13/h1-4,7-8,10,13H,5-6,9,19H2,(H,20,21). The number of benzene rings is 2. The van der Waals surface area contributed by atoms with E-state index >= 15 is 0 Å². The lowest BCUT2D eigenvalue weighted by molar-refractivity contribution is -0.120. The first-order valence-corrected chi connectivity index (χ1v) is 7.06. The fraction of sp³-hybridized carbons (Fsp3) is 0.235. The molecule has 0 fully saturated rings. The van der Waals surface area contributed by atoms with Crippen LogP contribution in [0.2, 0.25) is 0 Å². The van der Waals surface area contributed by atoms with Crippen molar-refractivity contribution in [2.45, 2.75) is 19.3 Å². The van der Waals surface area contributed by atoms with Crippen LogP contribution >= 0.6 is 0 Å². The Balaban J connectivity index is 1.70. The lowest BCUT2D eigenvalue weighted by atomic mass is 9.83. The molecule has 2 aromatic carbocycles. The molecule has 0 aliphatic heterocycles. The molecule has 3 rings (SSSR count). The largest absolute Gasteiger partial charge is 0.396 e. The summed E-state index contributed by atoms with van der Waals surface area (Å²) in [7, 11) is 0. The summed E-state index contributed by atoms with van der Waals surface area (Å²) < 4.78 is 13.4. The highest BCUT2D eigenvalue weighted by atomic mass is 19.1. The first kappa shape index (κ1) is 13.6. The van der Waals surface area contributed by atoms with E-state index in [9.17, 15) is 9.18 Å². The van der Waals surface area contributed by atoms with Crippen LogP contribution in [0.5, 0.6) is 0 Å². The molecule has 3 N–H and O–H groups in total. The van der Waals surface area contributed by atoms with E-state index < -0.39 is 5.82 Å². The second-order valence-corrected chi connectivity index (χ2v) is 5.43. The topological polar surface area (TPSA) is 55.1 Å². The van der Waals surface area contributed by atoms with Crippen LogP contribution in [0.3, 0.4) is 0 Å². The van der Waals surface area contributed by atoms with Gasteiger partial charge in [0.2, 0.25) is 5.91 Å². The molecule has 0 aromatic heterocycles. The summed E-state index contributed by atoms with van der Waals surface area (Å²) in [4.78, 5) is 12.3. The third-order valence-electron chi connectivity index (χ3n) is 3.99. The van der Waals surface area contributed by atoms with E-state index in [0.717, 1.165) is 19.3 Å². The van der Waals surface area contributed by atoms with Gasteiger partial charge in [-0.25, -0.2) is 4.39 Å². The summed E-state index contributed by atoms with van der Waals surface area (Å²) >= 11 is 0. The maximum atomic E-state index is 13.4. The first-order valence-electron chi connectivity index (χ1n) is 7.06. The minimum absolute atomic E-state index is 0.0614. The van der Waals surface area contributed by atoms with Gasteiger partial charge in [-0.1, -0.05) is 24.3 Å². The molecule has 1 amide bonds. The Bertz CT molecular complexity index is 684. The van der Waals surface area contributed by atoms with Crippen LogP contribution in [0.4, 0.5) is 15.8 Å². The number of amides is 1. The minimum Gasteiger partial charge on any atom is -0.396 e. The van der Waals surface area contributed by atoms with Gasteiger partial charge in [0.05, 0.1) is 5.69 Å². The van der Waals surface area contributed by atoms with Crippen LogP contribution in [0.1, 0.15) is 17.5 Å². The third-order valence-corrected chi connectivity index (χ3v) is 3.99. The van der Waals surface area contributed by atoms with E-state index in [1.807, 2.05) is 12.1 Å². The molecule has 0 heterocycles. The van der Waals surface area contributed by atoms with Gasteiger partial charge in [0.25, 0.3) is 0 Å². The molecule has 0 saturated carbocycles. The number of halogens is 1. The zero-order valence-corrected chi connectivity index (χ0v) is 11.6. The number of aryl methyl sites for hydroxylation is 1. The highest BCUT2D eigenvalue weighted by Crippen LogP contribution is 2.26. The predicted octanol–water partition coefficient (Wildman–Crippen LogP) is 3.15. The maximum Gasteiger partial charge on any atom is 0.227 e. The maximum absolute atomic E-state index is 13.4. The van der Waals surface area contributed by atoms with E-state index in [-0.39, 0.29) is 17.5 Å². The van der Waals surface area contributed by atoms with Crippen molar-refractivity contribution < 1.29 is 9.18 Å². The van der Waals surface area contributed by atoms with Gasteiger partial charge in [0, 0.05) is 11.6 Å². The SMILES string of the molecule is Nc1ccc(NC(=O)C2CCc3ccccc3C2)cc1F. The smallest absolute Gasteiger partial charge is 0.227 e. The molecule has 1 atom stereocenters. The number of hydrogen-bond acceptors (Lipinski definition) is 2. The summed E-state index contributed by atoms with van der Waals surface area (Å²) in [5.74, 6) is -0.643. The van der Waals surface area contributed by atoms with Gasteiger partial charge >= 0.3 is 0 Å². The van der Waals surface area contributed by atoms with Gasteiger partial charge in [-0.3, -0.25) is 4.79 Å². The van der Waals surface area contributed by atoms with E-state index in [1.54, 1.807) is 6.07 Å². The molecule has 0 radical (unpaired) electrons. The van der Waals surface area contributed by atoms with Crippen LogP contribution in [-0.4, -0.2) is 5.91 Å². The number of carbonyl (C=O) groups is 1. The highest BCUT2D eigenvalue weighted by molar-refractivity contribution is 5.93. The Morgan fingerprint density at radius 3 is 2.71 bits per heavy atom. The van der Waals surface area contributed by atoms with E-state index in [0.29, 0.717) is 5.69 Å². The summed E-state index contributed by atoms with van der Waals surface area (Å²) in [6.45, 7) is 0. The van der Waals surface area contributed by atoms with Gasteiger partial charge < -0.3 is 11.1 Å². The number of fused-ring (bicyclic) bond motifs is 1. The molecule has 0 spiro atoms. The summed E-state index contributed by atoms with van der Waals surface area (Å²) in [6, 6.07) is 12.5. The van der Waals surface area contributed by atoms with Crippen molar-refractivity contribution in [3.8, 4) is 0 Å². The minimum atomic E-state index is -0.512. The quantitative estimate of drug-likeness (QED) is 0.832. The molecule has 1 aliphatic carbocycles. The third kappa shape index (κ3) is 2.89. The molecule has 1 aliphatic rings. The Kier molecular flexibility index (Phi) is 3.60. The van der Waals surface area contributed by atoms with Crippen LogP contribution in [-0.2, 0) is 17.6 Å². The Labute approximate surface area is 123 Å². The molecular formula is C17H17FN2O. The lowest BCUT2D eigenvalue weighted by Gasteiger charge is -2.23. The van der Waals surface area contributed by atoms with Crippen molar-refractivity contribution in [1.82, 2.24) is 0 Å². The number of hydrogen-bond donors (Lipinski definition) is 2. The Hall–Kier alpha value is -2.36. The molecule has 1 unspecified atom stereocenters. The predicted molar refractivity (Wildman–Crippen MR) is 81.4 cm³/mol. The van der Waals surface area contributed by atoms with Gasteiger partial charge in [-0.15, -0.1) is 0 Å². The van der Waals surface area contributed by atoms with Crippen LogP contribution in [0, 0.1) is 11.7 Å². The zero-order chi connectivity index (χ0) is 14.8. The fourth-order valence-corrected chi connectivity index (χ4v) is 2.77. The molecule has 3 nitrogen and oxygen atoms in total. The van der Waals surface area contributed by atoms with Crippen LogP contribution < -0.4 is 11.1 Å². The number of nitrogens with two attached hydrogens (primary N) is 1. The average molecular weight is 284 g/mol. The first-order chi connectivity index (χ1) is 10.1. The van der Waals surface area contributed by atoms with Gasteiger partial charge in [-0.2, -0.15) is 0 Å². The highest BCUT2D eigenvalue weighted by Gasteiger charge is 2.24. The van der Waals surface area contributed by atoms with Crippen molar-refractivity contribution in [1.29, 1.82) is 0 Å². The molecule has 4 heteroatoms. The summed E-state index contributed by atoms with van der Waals surface area (Å²) in [5.41, 5.74) is 8.51. The molecule has 108 valence electrons. The van der Waals surface area contributed by atoms with Gasteiger partial charge in [-0.05, 0) is 48.6 Å². The average Bonchev–Trinajstić information content (AvgIpc) is 2.50. The van der Waals surface area contributed by atoms with Crippen LogP contribution in [0.15, 0.2) is 42.5 Å². The Morgan fingerprint density at radius 2 is 1.95 bits per heavy atom. The van der Waals surface area contributed by atoms with Gasteiger partial charge in [0.15, 0.2) is 0 Å². The van der Waals surface area contributed by atoms with Gasteiger partial charge in [0.1, 0.15) is 5.82 Å². The molecule has 0 bridgehead atoms. The normalized spacial score (nSPS) is 17.1. The molecule has 0 saturated heterocycles. The Morgan fingerprint density at radius 1 is 1.19 bits per heavy atom. The molecule has 21 heavy (non-hydrogen) atoms. The number of nitrogens with one attached hydrogen (secondary N) is 1. The number of carbonyl (C=O) groups excluding carboxylic acids is 1. The monoisotopic (exact) mass is 284 g/mol. The number of nitrogen functional groups attached to an aromatic ring is 1. The number of anilines is 2. The summed E-state index contributed by atoms with van der Waals surface area (Å²) in [5, 5.41) is 2.78. The van der Waals surface area contributed by atoms with Crippen molar-refractivity contribution in [2.24, 2.45) is 5.92 Å². The van der Waals surface area contributed by atoms with Crippen LogP contribution in [0.25, 0.3) is 0 Å². The molecule has 2 aromatic rings. The van der Waals surface area contributed by atoms with E-state index in [1.165, 1.54) is 23.3 Å².